The van der Waals surface area contributed by atoms with Gasteiger partial charge in [0.15, 0.2) is 12.3 Å². The average molecular weight is 144 g/mol. The van der Waals surface area contributed by atoms with E-state index in [1.54, 1.807) is 0 Å². The van der Waals surface area contributed by atoms with Crippen molar-refractivity contribution in [1.29, 1.82) is 0 Å². The summed E-state index contributed by atoms with van der Waals surface area (Å²) in [5, 5.41) is 2.05. The molecule has 0 aliphatic rings. The van der Waals surface area contributed by atoms with E-state index in [-0.39, 0.29) is 6.29 Å². The molecule has 56 valence electrons. The van der Waals surface area contributed by atoms with Gasteiger partial charge in [-0.15, -0.1) is 0 Å². The standard InChI is InChI=1S/C5H8N2O3/c1-3(9)7-4(2-8)5(6)10/h2,4H,1H3,(H2,6,10)(H,7,9). The summed E-state index contributed by atoms with van der Waals surface area (Å²) in [6.07, 6.45) is 0.281. The first kappa shape index (κ1) is 8.61. The van der Waals surface area contributed by atoms with Crippen LogP contribution in [0.25, 0.3) is 0 Å². The molecule has 5 nitrogen and oxygen atoms in total. The van der Waals surface area contributed by atoms with Crippen LogP contribution in [0.5, 0.6) is 0 Å². The lowest BCUT2D eigenvalue weighted by Gasteiger charge is -2.04. The van der Waals surface area contributed by atoms with Gasteiger partial charge in [-0.1, -0.05) is 0 Å². The van der Waals surface area contributed by atoms with E-state index < -0.39 is 17.9 Å². The topological polar surface area (TPSA) is 89.3 Å². The molecule has 0 saturated carbocycles. The molecule has 0 aliphatic heterocycles. The Labute approximate surface area is 57.6 Å². The highest BCUT2D eigenvalue weighted by Gasteiger charge is 2.13. The van der Waals surface area contributed by atoms with Crippen LogP contribution in [-0.2, 0) is 14.4 Å². The Bertz CT molecular complexity index is 166. The fourth-order valence-corrected chi connectivity index (χ4v) is 0.391. The van der Waals surface area contributed by atoms with Crippen molar-refractivity contribution in [1.82, 2.24) is 5.32 Å². The van der Waals surface area contributed by atoms with Crippen LogP contribution >= 0.6 is 0 Å². The predicted octanol–water partition coefficient (Wildman–Crippen LogP) is -1.82. The van der Waals surface area contributed by atoms with Crippen LogP contribution in [0.4, 0.5) is 0 Å². The predicted molar refractivity (Wildman–Crippen MR) is 32.9 cm³/mol. The van der Waals surface area contributed by atoms with Gasteiger partial charge in [-0.25, -0.2) is 0 Å². The lowest BCUT2D eigenvalue weighted by Crippen LogP contribution is -2.44. The monoisotopic (exact) mass is 144 g/mol. The maximum absolute atomic E-state index is 10.2. The number of nitrogens with one attached hydrogen (secondary N) is 1. The molecule has 0 rings (SSSR count). The Morgan fingerprint density at radius 3 is 2.20 bits per heavy atom. The van der Waals surface area contributed by atoms with Crippen LogP contribution in [0.1, 0.15) is 6.92 Å². The fourth-order valence-electron chi connectivity index (χ4n) is 0.391. The molecule has 0 radical (unpaired) electrons. The maximum Gasteiger partial charge on any atom is 0.247 e. The van der Waals surface area contributed by atoms with E-state index in [1.165, 1.54) is 6.92 Å². The van der Waals surface area contributed by atoms with Gasteiger partial charge < -0.3 is 15.8 Å². The molecular formula is C5H8N2O3. The highest BCUT2D eigenvalue weighted by Crippen LogP contribution is 1.74. The average Bonchev–Trinajstić information content (AvgIpc) is 1.81. The van der Waals surface area contributed by atoms with Gasteiger partial charge >= 0.3 is 0 Å². The highest BCUT2D eigenvalue weighted by molar-refractivity contribution is 5.98. The van der Waals surface area contributed by atoms with Gasteiger partial charge in [0.1, 0.15) is 0 Å². The van der Waals surface area contributed by atoms with Gasteiger partial charge in [0.2, 0.25) is 11.8 Å². The normalized spacial score (nSPS) is 11.7. The van der Waals surface area contributed by atoms with Crippen molar-refractivity contribution < 1.29 is 14.4 Å². The summed E-state index contributed by atoms with van der Waals surface area (Å²) in [5.74, 6) is -1.32. The summed E-state index contributed by atoms with van der Waals surface area (Å²) in [6.45, 7) is 1.19. The molecule has 0 aromatic carbocycles. The van der Waals surface area contributed by atoms with Gasteiger partial charge in [0, 0.05) is 6.92 Å². The second-order valence-corrected chi connectivity index (χ2v) is 1.72. The lowest BCUT2D eigenvalue weighted by atomic mass is 10.3. The summed E-state index contributed by atoms with van der Waals surface area (Å²) in [6, 6.07) is -1.20. The van der Waals surface area contributed by atoms with Gasteiger partial charge in [-0.2, -0.15) is 0 Å². The van der Waals surface area contributed by atoms with Crippen molar-refractivity contribution >= 4 is 18.1 Å². The second kappa shape index (κ2) is 3.60. The first-order valence-corrected chi connectivity index (χ1v) is 2.59. The Balaban J connectivity index is 3.96. The van der Waals surface area contributed by atoms with E-state index in [0.29, 0.717) is 0 Å². The molecule has 0 spiro atoms. The summed E-state index contributed by atoms with van der Waals surface area (Å²) in [4.78, 5) is 30.4. The molecule has 0 fully saturated rings. The zero-order valence-corrected chi connectivity index (χ0v) is 5.46. The first-order chi connectivity index (χ1) is 4.57. The van der Waals surface area contributed by atoms with Crippen molar-refractivity contribution in [3.63, 3.8) is 0 Å². The molecule has 1 unspecified atom stereocenters. The molecule has 0 heterocycles. The molecule has 0 aliphatic carbocycles. The molecular weight excluding hydrogens is 136 g/mol. The van der Waals surface area contributed by atoms with Crippen LogP contribution < -0.4 is 11.1 Å². The molecule has 0 aromatic rings. The summed E-state index contributed by atoms with van der Waals surface area (Å²) < 4.78 is 0. The third-order valence-electron chi connectivity index (χ3n) is 0.801. The van der Waals surface area contributed by atoms with Gasteiger partial charge in [-0.3, -0.25) is 9.59 Å². The summed E-state index contributed by atoms with van der Waals surface area (Å²) >= 11 is 0. The number of rotatable bonds is 3. The minimum atomic E-state index is -1.20. The van der Waals surface area contributed by atoms with Crippen LogP contribution in [-0.4, -0.2) is 24.1 Å². The quantitative estimate of drug-likeness (QED) is 0.361. The third kappa shape index (κ3) is 2.81. The van der Waals surface area contributed by atoms with Crippen molar-refractivity contribution in [2.24, 2.45) is 5.73 Å². The van der Waals surface area contributed by atoms with E-state index in [0.717, 1.165) is 0 Å². The van der Waals surface area contributed by atoms with Crippen LogP contribution in [0, 0.1) is 0 Å². The number of aldehydes is 1. The summed E-state index contributed by atoms with van der Waals surface area (Å²) in [5.41, 5.74) is 4.71. The number of amides is 2. The maximum atomic E-state index is 10.2. The van der Waals surface area contributed by atoms with Gasteiger partial charge in [0.25, 0.3) is 0 Å². The van der Waals surface area contributed by atoms with E-state index >= 15 is 0 Å². The van der Waals surface area contributed by atoms with Gasteiger partial charge in [-0.05, 0) is 0 Å². The first-order valence-electron chi connectivity index (χ1n) is 2.59. The van der Waals surface area contributed by atoms with Gasteiger partial charge in [0.05, 0.1) is 0 Å². The van der Waals surface area contributed by atoms with Crippen molar-refractivity contribution in [2.45, 2.75) is 13.0 Å². The Kier molecular flexibility index (Phi) is 3.10. The Morgan fingerprint density at radius 1 is 1.60 bits per heavy atom. The zero-order chi connectivity index (χ0) is 8.15. The number of carbonyl (C=O) groups excluding carboxylic acids is 3. The van der Waals surface area contributed by atoms with Crippen LogP contribution in [0.15, 0.2) is 0 Å². The van der Waals surface area contributed by atoms with Crippen molar-refractivity contribution in [3.8, 4) is 0 Å². The molecule has 0 bridgehead atoms. The van der Waals surface area contributed by atoms with Crippen molar-refractivity contribution in [2.75, 3.05) is 0 Å². The van der Waals surface area contributed by atoms with E-state index in [1.807, 2.05) is 5.32 Å². The smallest absolute Gasteiger partial charge is 0.247 e. The van der Waals surface area contributed by atoms with E-state index in [4.69, 9.17) is 5.73 Å². The summed E-state index contributed by atoms with van der Waals surface area (Å²) in [7, 11) is 0. The van der Waals surface area contributed by atoms with Crippen LogP contribution in [0.3, 0.4) is 0 Å². The molecule has 0 saturated heterocycles. The van der Waals surface area contributed by atoms with Crippen LogP contribution in [0.2, 0.25) is 0 Å². The molecule has 2 amide bonds. The molecule has 1 atom stereocenters. The van der Waals surface area contributed by atoms with E-state index in [2.05, 4.69) is 0 Å². The SMILES string of the molecule is CC(=O)NC(C=O)C(N)=O. The molecule has 5 heteroatoms. The molecule has 0 aromatic heterocycles. The number of carbonyl (C=O) groups is 3. The number of hydrogen-bond donors (Lipinski definition) is 2. The molecule has 10 heavy (non-hydrogen) atoms. The number of nitrogens with two attached hydrogens (primary N) is 1. The lowest BCUT2D eigenvalue weighted by molar-refractivity contribution is -0.129. The highest BCUT2D eigenvalue weighted by atomic mass is 16.2. The molecule has 3 N–H and O–H groups in total. The largest absolute Gasteiger partial charge is 0.367 e. The van der Waals surface area contributed by atoms with Crippen molar-refractivity contribution in [3.05, 3.63) is 0 Å². The Morgan fingerprint density at radius 2 is 2.10 bits per heavy atom. The Hall–Kier alpha value is -1.39. The number of primary amides is 1. The third-order valence-corrected chi connectivity index (χ3v) is 0.801. The second-order valence-electron chi connectivity index (χ2n) is 1.72. The zero-order valence-electron chi connectivity index (χ0n) is 5.46. The number of hydrogen-bond acceptors (Lipinski definition) is 3. The fraction of sp³-hybridized carbons (Fsp3) is 0.400. The van der Waals surface area contributed by atoms with E-state index in [9.17, 15) is 14.4 Å². The minimum absolute atomic E-state index is 0.281. The minimum Gasteiger partial charge on any atom is -0.367 e.